The van der Waals surface area contributed by atoms with E-state index in [2.05, 4.69) is 10.3 Å². The third kappa shape index (κ3) is 2.86. The highest BCUT2D eigenvalue weighted by Gasteiger charge is 2.10. The lowest BCUT2D eigenvalue weighted by atomic mass is 10.2. The summed E-state index contributed by atoms with van der Waals surface area (Å²) in [6.45, 7) is 2.58. The topological polar surface area (TPSA) is 42.0 Å². The smallest absolute Gasteiger partial charge is 0.254 e. The van der Waals surface area contributed by atoms with E-state index in [0.717, 1.165) is 6.42 Å². The zero-order chi connectivity index (χ0) is 10.6. The molecule has 0 aromatic carbocycles. The predicted octanol–water partition coefficient (Wildman–Crippen LogP) is 2.53. The zero-order valence-electron chi connectivity index (χ0n) is 7.68. The molecule has 1 rings (SSSR count). The van der Waals surface area contributed by atoms with Gasteiger partial charge in [0.2, 0.25) is 0 Å². The Kier molecular flexibility index (Phi) is 4.17. The molecule has 0 atom stereocenters. The van der Waals surface area contributed by atoms with Gasteiger partial charge in [-0.05, 0) is 12.5 Å². The molecule has 0 bridgehead atoms. The Morgan fingerprint density at radius 3 is 2.93 bits per heavy atom. The van der Waals surface area contributed by atoms with Crippen molar-refractivity contribution in [2.75, 3.05) is 6.54 Å². The van der Waals surface area contributed by atoms with Gasteiger partial charge >= 0.3 is 0 Å². The molecular formula is C9H10Cl2N2O. The SMILES string of the molecule is CCCNC(=O)c1cc(Cl)cnc1Cl. The van der Waals surface area contributed by atoms with Crippen LogP contribution in [-0.2, 0) is 0 Å². The Morgan fingerprint density at radius 2 is 2.29 bits per heavy atom. The maximum atomic E-state index is 11.5. The number of rotatable bonds is 3. The van der Waals surface area contributed by atoms with Crippen LogP contribution in [0.3, 0.4) is 0 Å². The highest BCUT2D eigenvalue weighted by Crippen LogP contribution is 2.17. The summed E-state index contributed by atoms with van der Waals surface area (Å²) >= 11 is 11.4. The van der Waals surface area contributed by atoms with Crippen LogP contribution in [0.5, 0.6) is 0 Å². The van der Waals surface area contributed by atoms with Crippen molar-refractivity contribution in [3.8, 4) is 0 Å². The first kappa shape index (κ1) is 11.3. The summed E-state index contributed by atoms with van der Waals surface area (Å²) in [4.78, 5) is 15.3. The number of nitrogens with zero attached hydrogens (tertiary/aromatic N) is 1. The maximum Gasteiger partial charge on any atom is 0.254 e. The van der Waals surface area contributed by atoms with Gasteiger partial charge in [0, 0.05) is 12.7 Å². The fourth-order valence-electron chi connectivity index (χ4n) is 0.916. The van der Waals surface area contributed by atoms with Crippen molar-refractivity contribution in [1.29, 1.82) is 0 Å². The second-order valence-corrected chi connectivity index (χ2v) is 3.54. The molecular weight excluding hydrogens is 223 g/mol. The third-order valence-corrected chi connectivity index (χ3v) is 2.09. The number of halogens is 2. The molecule has 1 N–H and O–H groups in total. The summed E-state index contributed by atoms with van der Waals surface area (Å²) in [5.74, 6) is -0.244. The van der Waals surface area contributed by atoms with Gasteiger partial charge in [0.1, 0.15) is 5.15 Å². The minimum absolute atomic E-state index is 0.169. The van der Waals surface area contributed by atoms with Crippen molar-refractivity contribution >= 4 is 29.1 Å². The largest absolute Gasteiger partial charge is 0.352 e. The molecule has 0 aliphatic carbocycles. The minimum atomic E-state index is -0.244. The van der Waals surface area contributed by atoms with Gasteiger partial charge in [-0.15, -0.1) is 0 Å². The second kappa shape index (κ2) is 5.17. The number of amides is 1. The summed E-state index contributed by atoms with van der Waals surface area (Å²) in [6.07, 6.45) is 2.28. The number of hydrogen-bond donors (Lipinski definition) is 1. The monoisotopic (exact) mass is 232 g/mol. The Hall–Kier alpha value is -0.800. The zero-order valence-corrected chi connectivity index (χ0v) is 9.19. The van der Waals surface area contributed by atoms with E-state index in [1.54, 1.807) is 0 Å². The number of carbonyl (C=O) groups is 1. The van der Waals surface area contributed by atoms with E-state index in [-0.39, 0.29) is 11.1 Å². The average Bonchev–Trinajstić information content (AvgIpc) is 2.18. The number of nitrogens with one attached hydrogen (secondary N) is 1. The van der Waals surface area contributed by atoms with E-state index in [4.69, 9.17) is 23.2 Å². The van der Waals surface area contributed by atoms with Crippen LogP contribution in [-0.4, -0.2) is 17.4 Å². The standard InChI is InChI=1S/C9H10Cl2N2O/c1-2-3-12-9(14)7-4-6(10)5-13-8(7)11/h4-5H,2-3H2,1H3,(H,12,14). The fraction of sp³-hybridized carbons (Fsp3) is 0.333. The minimum Gasteiger partial charge on any atom is -0.352 e. The number of carbonyl (C=O) groups excluding carboxylic acids is 1. The first-order chi connectivity index (χ1) is 6.65. The molecule has 1 amide bonds. The van der Waals surface area contributed by atoms with E-state index >= 15 is 0 Å². The van der Waals surface area contributed by atoms with E-state index in [9.17, 15) is 4.79 Å². The van der Waals surface area contributed by atoms with Crippen LogP contribution < -0.4 is 5.32 Å². The van der Waals surface area contributed by atoms with Gasteiger partial charge in [0.25, 0.3) is 5.91 Å². The molecule has 0 aliphatic heterocycles. The first-order valence-electron chi connectivity index (χ1n) is 4.24. The number of pyridine rings is 1. The van der Waals surface area contributed by atoms with Crippen LogP contribution in [0.4, 0.5) is 0 Å². The molecule has 0 spiro atoms. The highest BCUT2D eigenvalue weighted by molar-refractivity contribution is 6.34. The van der Waals surface area contributed by atoms with Gasteiger partial charge in [0.15, 0.2) is 0 Å². The van der Waals surface area contributed by atoms with Gasteiger partial charge in [-0.1, -0.05) is 30.1 Å². The molecule has 0 radical (unpaired) electrons. The van der Waals surface area contributed by atoms with Crippen LogP contribution in [0, 0.1) is 0 Å². The molecule has 14 heavy (non-hydrogen) atoms. The molecule has 5 heteroatoms. The van der Waals surface area contributed by atoms with Crippen molar-refractivity contribution in [3.63, 3.8) is 0 Å². The summed E-state index contributed by atoms with van der Waals surface area (Å²) in [5, 5.41) is 3.26. The van der Waals surface area contributed by atoms with Crippen molar-refractivity contribution in [3.05, 3.63) is 28.0 Å². The van der Waals surface area contributed by atoms with Crippen molar-refractivity contribution in [2.24, 2.45) is 0 Å². The third-order valence-electron chi connectivity index (χ3n) is 1.59. The fourth-order valence-corrected chi connectivity index (χ4v) is 1.26. The molecule has 1 aromatic heterocycles. The van der Waals surface area contributed by atoms with E-state index in [1.165, 1.54) is 12.3 Å². The number of aromatic nitrogens is 1. The predicted molar refractivity (Wildman–Crippen MR) is 56.9 cm³/mol. The molecule has 3 nitrogen and oxygen atoms in total. The number of hydrogen-bond acceptors (Lipinski definition) is 2. The van der Waals surface area contributed by atoms with Gasteiger partial charge in [0.05, 0.1) is 10.6 Å². The van der Waals surface area contributed by atoms with Crippen molar-refractivity contribution in [2.45, 2.75) is 13.3 Å². The first-order valence-corrected chi connectivity index (χ1v) is 5.00. The molecule has 0 saturated heterocycles. The normalized spacial score (nSPS) is 9.93. The van der Waals surface area contributed by atoms with Gasteiger partial charge < -0.3 is 5.32 Å². The molecule has 0 saturated carbocycles. The lowest BCUT2D eigenvalue weighted by molar-refractivity contribution is 0.0953. The Labute approximate surface area is 92.4 Å². The second-order valence-electron chi connectivity index (χ2n) is 2.75. The lowest BCUT2D eigenvalue weighted by Crippen LogP contribution is -2.24. The molecule has 0 aliphatic rings. The van der Waals surface area contributed by atoms with Crippen LogP contribution in [0.2, 0.25) is 10.2 Å². The summed E-state index contributed by atoms with van der Waals surface area (Å²) < 4.78 is 0. The van der Waals surface area contributed by atoms with Gasteiger partial charge in [-0.25, -0.2) is 4.98 Å². The molecule has 1 heterocycles. The van der Waals surface area contributed by atoms with E-state index in [1.807, 2.05) is 6.92 Å². The molecule has 0 fully saturated rings. The summed E-state index contributed by atoms with van der Waals surface area (Å²) in [6, 6.07) is 1.50. The van der Waals surface area contributed by atoms with Gasteiger partial charge in [-0.2, -0.15) is 0 Å². The van der Waals surface area contributed by atoms with Gasteiger partial charge in [-0.3, -0.25) is 4.79 Å². The van der Waals surface area contributed by atoms with E-state index in [0.29, 0.717) is 17.1 Å². The maximum absolute atomic E-state index is 11.5. The highest BCUT2D eigenvalue weighted by atomic mass is 35.5. The Balaban J connectivity index is 2.83. The summed E-state index contributed by atoms with van der Waals surface area (Å²) in [7, 11) is 0. The van der Waals surface area contributed by atoms with Crippen LogP contribution in [0.1, 0.15) is 23.7 Å². The molecule has 0 unspecified atom stereocenters. The van der Waals surface area contributed by atoms with E-state index < -0.39 is 0 Å². The lowest BCUT2D eigenvalue weighted by Gasteiger charge is -2.04. The van der Waals surface area contributed by atoms with Crippen molar-refractivity contribution < 1.29 is 4.79 Å². The van der Waals surface area contributed by atoms with Crippen molar-refractivity contribution in [1.82, 2.24) is 10.3 Å². The average molecular weight is 233 g/mol. The molecule has 76 valence electrons. The van der Waals surface area contributed by atoms with Crippen LogP contribution >= 0.6 is 23.2 Å². The Morgan fingerprint density at radius 1 is 1.57 bits per heavy atom. The molecule has 1 aromatic rings. The Bertz CT molecular complexity index is 342. The quantitative estimate of drug-likeness (QED) is 0.815. The van der Waals surface area contributed by atoms with Crippen LogP contribution in [0.15, 0.2) is 12.3 Å². The summed E-state index contributed by atoms with van der Waals surface area (Å²) in [5.41, 5.74) is 0.313. The van der Waals surface area contributed by atoms with Crippen LogP contribution in [0.25, 0.3) is 0 Å².